The fourth-order valence-electron chi connectivity index (χ4n) is 2.91. The van der Waals surface area contributed by atoms with Crippen LogP contribution >= 0.6 is 0 Å². The SMILES string of the molecule is CCCNc1ncnc(NCC2CCCCN2C)c1CC. The zero-order valence-corrected chi connectivity index (χ0v) is 13.7. The summed E-state index contributed by atoms with van der Waals surface area (Å²) in [6, 6.07) is 0.616. The number of hydrogen-bond acceptors (Lipinski definition) is 5. The number of aromatic nitrogens is 2. The second-order valence-electron chi connectivity index (χ2n) is 5.84. The van der Waals surface area contributed by atoms with E-state index in [0.29, 0.717) is 6.04 Å². The highest BCUT2D eigenvalue weighted by atomic mass is 15.2. The molecule has 0 aliphatic carbocycles. The lowest BCUT2D eigenvalue weighted by Gasteiger charge is -2.32. The van der Waals surface area contributed by atoms with Crippen molar-refractivity contribution in [1.82, 2.24) is 14.9 Å². The van der Waals surface area contributed by atoms with Gasteiger partial charge in [-0.2, -0.15) is 0 Å². The van der Waals surface area contributed by atoms with E-state index < -0.39 is 0 Å². The molecule has 1 aromatic rings. The van der Waals surface area contributed by atoms with Gasteiger partial charge in [-0.3, -0.25) is 0 Å². The second kappa shape index (κ2) is 8.17. The summed E-state index contributed by atoms with van der Waals surface area (Å²) in [4.78, 5) is 11.3. The lowest BCUT2D eigenvalue weighted by atomic mass is 10.0. The quantitative estimate of drug-likeness (QED) is 0.809. The maximum atomic E-state index is 4.45. The van der Waals surface area contributed by atoms with Crippen LogP contribution in [0.2, 0.25) is 0 Å². The molecular formula is C16H29N5. The summed E-state index contributed by atoms with van der Waals surface area (Å²) in [7, 11) is 2.22. The summed E-state index contributed by atoms with van der Waals surface area (Å²) in [6.45, 7) is 7.45. The van der Waals surface area contributed by atoms with Gasteiger partial charge < -0.3 is 15.5 Å². The molecule has 5 heteroatoms. The molecule has 1 saturated heterocycles. The Morgan fingerprint density at radius 2 is 1.95 bits per heavy atom. The second-order valence-corrected chi connectivity index (χ2v) is 5.84. The molecule has 21 heavy (non-hydrogen) atoms. The minimum Gasteiger partial charge on any atom is -0.370 e. The largest absolute Gasteiger partial charge is 0.370 e. The molecular weight excluding hydrogens is 262 g/mol. The molecule has 2 heterocycles. The van der Waals surface area contributed by atoms with E-state index in [1.54, 1.807) is 6.33 Å². The van der Waals surface area contributed by atoms with Crippen molar-refractivity contribution >= 4 is 11.6 Å². The molecule has 1 aromatic heterocycles. The predicted octanol–water partition coefficient (Wildman–Crippen LogP) is 2.76. The van der Waals surface area contributed by atoms with Crippen molar-refractivity contribution in [1.29, 1.82) is 0 Å². The molecule has 1 fully saturated rings. The Hall–Kier alpha value is -1.36. The van der Waals surface area contributed by atoms with Gasteiger partial charge >= 0.3 is 0 Å². The Morgan fingerprint density at radius 1 is 1.19 bits per heavy atom. The standard InChI is InChI=1S/C16H29N5/c1-4-9-17-15-14(5-2)16(20-12-19-15)18-11-13-8-6-7-10-21(13)3/h12-13H,4-11H2,1-3H3,(H2,17,18,19,20). The van der Waals surface area contributed by atoms with E-state index in [4.69, 9.17) is 0 Å². The summed E-state index contributed by atoms with van der Waals surface area (Å²) in [5.41, 5.74) is 1.20. The number of anilines is 2. The fourth-order valence-corrected chi connectivity index (χ4v) is 2.91. The average Bonchev–Trinajstić information content (AvgIpc) is 2.52. The smallest absolute Gasteiger partial charge is 0.134 e. The van der Waals surface area contributed by atoms with Gasteiger partial charge in [0.05, 0.1) is 0 Å². The van der Waals surface area contributed by atoms with Gasteiger partial charge in [-0.15, -0.1) is 0 Å². The maximum absolute atomic E-state index is 4.45. The van der Waals surface area contributed by atoms with Gasteiger partial charge in [0, 0.05) is 24.7 Å². The first-order chi connectivity index (χ1) is 10.3. The number of hydrogen-bond donors (Lipinski definition) is 2. The lowest BCUT2D eigenvalue weighted by molar-refractivity contribution is 0.194. The van der Waals surface area contributed by atoms with Gasteiger partial charge in [0.2, 0.25) is 0 Å². The van der Waals surface area contributed by atoms with E-state index in [9.17, 15) is 0 Å². The van der Waals surface area contributed by atoms with Crippen LogP contribution in [0, 0.1) is 0 Å². The molecule has 118 valence electrons. The molecule has 0 bridgehead atoms. The van der Waals surface area contributed by atoms with E-state index in [0.717, 1.165) is 37.6 Å². The summed E-state index contributed by atoms with van der Waals surface area (Å²) in [5, 5.41) is 6.95. The van der Waals surface area contributed by atoms with E-state index in [1.807, 2.05) is 0 Å². The molecule has 0 radical (unpaired) electrons. The van der Waals surface area contributed by atoms with Crippen molar-refractivity contribution in [3.8, 4) is 0 Å². The maximum Gasteiger partial charge on any atom is 0.134 e. The molecule has 1 aliphatic heterocycles. The monoisotopic (exact) mass is 291 g/mol. The third kappa shape index (κ3) is 4.30. The summed E-state index contributed by atoms with van der Waals surface area (Å²) in [6.07, 6.45) is 7.63. The van der Waals surface area contributed by atoms with Gasteiger partial charge in [0.25, 0.3) is 0 Å². The van der Waals surface area contributed by atoms with Crippen LogP contribution in [0.5, 0.6) is 0 Å². The first kappa shape index (κ1) is 16.0. The number of rotatable bonds is 7. The van der Waals surface area contributed by atoms with Gasteiger partial charge in [-0.05, 0) is 39.3 Å². The number of nitrogens with zero attached hydrogens (tertiary/aromatic N) is 3. The van der Waals surface area contributed by atoms with Gasteiger partial charge in [0.15, 0.2) is 0 Å². The van der Waals surface area contributed by atoms with Gasteiger partial charge in [-0.1, -0.05) is 20.3 Å². The summed E-state index contributed by atoms with van der Waals surface area (Å²) < 4.78 is 0. The minimum absolute atomic E-state index is 0.616. The molecule has 0 amide bonds. The van der Waals surface area contributed by atoms with E-state index in [-0.39, 0.29) is 0 Å². The van der Waals surface area contributed by atoms with Crippen LogP contribution in [0.25, 0.3) is 0 Å². The highest BCUT2D eigenvalue weighted by molar-refractivity contribution is 5.57. The zero-order valence-electron chi connectivity index (χ0n) is 13.7. The predicted molar refractivity (Wildman–Crippen MR) is 88.9 cm³/mol. The number of likely N-dealkylation sites (tertiary alicyclic amines) is 1. The molecule has 0 aromatic carbocycles. The van der Waals surface area contributed by atoms with E-state index >= 15 is 0 Å². The normalized spacial score (nSPS) is 19.5. The molecule has 2 rings (SSSR count). The highest BCUT2D eigenvalue weighted by Crippen LogP contribution is 2.22. The Labute approximate surface area is 128 Å². The van der Waals surface area contributed by atoms with Crippen LogP contribution in [0.1, 0.15) is 45.1 Å². The van der Waals surface area contributed by atoms with Crippen molar-refractivity contribution in [3.05, 3.63) is 11.9 Å². The topological polar surface area (TPSA) is 53.1 Å². The van der Waals surface area contributed by atoms with Crippen LogP contribution < -0.4 is 10.6 Å². The minimum atomic E-state index is 0.616. The van der Waals surface area contributed by atoms with Crippen LogP contribution in [0.15, 0.2) is 6.33 Å². The number of nitrogens with one attached hydrogen (secondary N) is 2. The average molecular weight is 291 g/mol. The zero-order chi connectivity index (χ0) is 15.1. The van der Waals surface area contributed by atoms with Crippen molar-refractivity contribution in [2.45, 2.75) is 52.0 Å². The molecule has 1 unspecified atom stereocenters. The van der Waals surface area contributed by atoms with Crippen LogP contribution in [-0.4, -0.2) is 47.6 Å². The Balaban J connectivity index is 2.01. The Bertz CT molecular complexity index is 435. The molecule has 0 saturated carbocycles. The third-order valence-electron chi connectivity index (χ3n) is 4.27. The van der Waals surface area contributed by atoms with Crippen LogP contribution in [0.4, 0.5) is 11.6 Å². The fraction of sp³-hybridized carbons (Fsp3) is 0.750. The molecule has 1 aliphatic rings. The van der Waals surface area contributed by atoms with Crippen molar-refractivity contribution < 1.29 is 0 Å². The molecule has 0 spiro atoms. The highest BCUT2D eigenvalue weighted by Gasteiger charge is 2.19. The molecule has 5 nitrogen and oxygen atoms in total. The van der Waals surface area contributed by atoms with Gasteiger partial charge in [-0.25, -0.2) is 9.97 Å². The van der Waals surface area contributed by atoms with Crippen molar-refractivity contribution in [2.75, 3.05) is 37.3 Å². The number of piperidine rings is 1. The third-order valence-corrected chi connectivity index (χ3v) is 4.27. The lowest BCUT2D eigenvalue weighted by Crippen LogP contribution is -2.41. The Kier molecular flexibility index (Phi) is 6.23. The summed E-state index contributed by atoms with van der Waals surface area (Å²) in [5.74, 6) is 1.97. The Morgan fingerprint density at radius 3 is 2.62 bits per heavy atom. The van der Waals surface area contributed by atoms with Gasteiger partial charge in [0.1, 0.15) is 18.0 Å². The van der Waals surface area contributed by atoms with Crippen LogP contribution in [0.3, 0.4) is 0 Å². The molecule has 2 N–H and O–H groups in total. The first-order valence-corrected chi connectivity index (χ1v) is 8.28. The molecule has 1 atom stereocenters. The van der Waals surface area contributed by atoms with Crippen molar-refractivity contribution in [2.24, 2.45) is 0 Å². The number of likely N-dealkylation sites (N-methyl/N-ethyl adjacent to an activating group) is 1. The van der Waals surface area contributed by atoms with E-state index in [2.05, 4.69) is 46.4 Å². The summed E-state index contributed by atoms with van der Waals surface area (Å²) >= 11 is 0. The van der Waals surface area contributed by atoms with E-state index in [1.165, 1.54) is 31.4 Å². The van der Waals surface area contributed by atoms with Crippen molar-refractivity contribution in [3.63, 3.8) is 0 Å². The first-order valence-electron chi connectivity index (χ1n) is 8.28. The van der Waals surface area contributed by atoms with Crippen LogP contribution in [-0.2, 0) is 6.42 Å².